The summed E-state index contributed by atoms with van der Waals surface area (Å²) in [6.07, 6.45) is 6.89. The molecule has 1 heteroatoms. The maximum absolute atomic E-state index is 3.96. The minimum atomic E-state index is 0.452. The lowest BCUT2D eigenvalue weighted by molar-refractivity contribution is 0.116. The Hall–Kier alpha value is -0.0400. The fourth-order valence-corrected chi connectivity index (χ4v) is 3.42. The van der Waals surface area contributed by atoms with Crippen LogP contribution in [0.4, 0.5) is 0 Å². The highest BCUT2D eigenvalue weighted by Gasteiger charge is 2.34. The Morgan fingerprint density at radius 1 is 1.12 bits per heavy atom. The molecule has 0 radical (unpaired) electrons. The molecule has 1 aliphatic carbocycles. The first-order chi connectivity index (χ1) is 7.86. The van der Waals surface area contributed by atoms with Crippen LogP contribution in [0.3, 0.4) is 0 Å². The molecule has 0 aliphatic heterocycles. The van der Waals surface area contributed by atoms with E-state index in [1.54, 1.807) is 0 Å². The lowest BCUT2D eigenvalue weighted by Gasteiger charge is -2.43. The average Bonchev–Trinajstić information content (AvgIpc) is 2.24. The van der Waals surface area contributed by atoms with Crippen LogP contribution in [0.2, 0.25) is 0 Å². The van der Waals surface area contributed by atoms with E-state index in [4.69, 9.17) is 0 Å². The van der Waals surface area contributed by atoms with Crippen molar-refractivity contribution < 1.29 is 0 Å². The molecule has 0 heterocycles. The van der Waals surface area contributed by atoms with E-state index in [1.165, 1.54) is 32.1 Å². The van der Waals surface area contributed by atoms with Gasteiger partial charge in [-0.05, 0) is 36.5 Å². The van der Waals surface area contributed by atoms with Crippen molar-refractivity contribution in [1.82, 2.24) is 5.32 Å². The van der Waals surface area contributed by atoms with Crippen molar-refractivity contribution >= 4 is 0 Å². The molecule has 3 unspecified atom stereocenters. The van der Waals surface area contributed by atoms with Gasteiger partial charge in [-0.15, -0.1) is 0 Å². The van der Waals surface area contributed by atoms with Crippen molar-refractivity contribution in [2.75, 3.05) is 0 Å². The molecule has 1 N–H and O–H groups in total. The zero-order valence-electron chi connectivity index (χ0n) is 12.8. The fraction of sp³-hybridized carbons (Fsp3) is 1.00. The highest BCUT2D eigenvalue weighted by atomic mass is 15.0. The van der Waals surface area contributed by atoms with Gasteiger partial charge >= 0.3 is 0 Å². The Bertz CT molecular complexity index is 214. The lowest BCUT2D eigenvalue weighted by Crippen LogP contribution is -2.49. The van der Waals surface area contributed by atoms with E-state index in [0.29, 0.717) is 11.5 Å². The molecule has 3 atom stereocenters. The molecule has 1 saturated carbocycles. The Balaban J connectivity index is 2.65. The molecule has 17 heavy (non-hydrogen) atoms. The first-order valence-corrected chi connectivity index (χ1v) is 7.62. The second-order valence-electron chi connectivity index (χ2n) is 7.29. The van der Waals surface area contributed by atoms with Crippen LogP contribution in [-0.4, -0.2) is 12.1 Å². The fourth-order valence-electron chi connectivity index (χ4n) is 3.42. The molecular weight excluding hydrogens is 206 g/mol. The van der Waals surface area contributed by atoms with Crippen LogP contribution in [0.1, 0.15) is 73.6 Å². The third kappa shape index (κ3) is 4.28. The smallest absolute Gasteiger partial charge is 0.0103 e. The molecule has 0 spiro atoms. The summed E-state index contributed by atoms with van der Waals surface area (Å²) in [6, 6.07) is 1.44. The van der Waals surface area contributed by atoms with Gasteiger partial charge in [-0.1, -0.05) is 54.4 Å². The maximum atomic E-state index is 3.96. The van der Waals surface area contributed by atoms with Crippen LogP contribution in [0.15, 0.2) is 0 Å². The maximum Gasteiger partial charge on any atom is 0.0103 e. The molecular formula is C16H33N. The van der Waals surface area contributed by atoms with Crippen molar-refractivity contribution in [3.05, 3.63) is 0 Å². The Labute approximate surface area is 109 Å². The summed E-state index contributed by atoms with van der Waals surface area (Å²) in [5.74, 6) is 1.60. The van der Waals surface area contributed by atoms with E-state index in [2.05, 4.69) is 46.9 Å². The van der Waals surface area contributed by atoms with Crippen LogP contribution in [-0.2, 0) is 0 Å². The van der Waals surface area contributed by atoms with Crippen molar-refractivity contribution in [2.45, 2.75) is 85.7 Å². The molecule has 0 aromatic heterocycles. The SMILES string of the molecule is CCC(NC1CCCCC1C(C)(C)C)C(C)C. The highest BCUT2D eigenvalue weighted by molar-refractivity contribution is 4.90. The summed E-state index contributed by atoms with van der Waals surface area (Å²) in [5.41, 5.74) is 0.452. The van der Waals surface area contributed by atoms with Crippen molar-refractivity contribution in [3.8, 4) is 0 Å². The molecule has 1 nitrogen and oxygen atoms in total. The summed E-state index contributed by atoms with van der Waals surface area (Å²) < 4.78 is 0. The Morgan fingerprint density at radius 2 is 1.71 bits per heavy atom. The van der Waals surface area contributed by atoms with Gasteiger partial charge < -0.3 is 5.32 Å². The molecule has 1 fully saturated rings. The summed E-state index contributed by atoms with van der Waals surface area (Å²) in [5, 5.41) is 3.96. The quantitative estimate of drug-likeness (QED) is 0.755. The third-order valence-corrected chi connectivity index (χ3v) is 4.55. The Morgan fingerprint density at radius 3 is 2.18 bits per heavy atom. The standard InChI is InChI=1S/C16H33N/c1-7-14(12(2)3)17-15-11-9-8-10-13(15)16(4,5)6/h12-15,17H,7-11H2,1-6H3. The molecule has 0 saturated heterocycles. The minimum absolute atomic E-state index is 0.452. The predicted molar refractivity (Wildman–Crippen MR) is 77.3 cm³/mol. The van der Waals surface area contributed by atoms with Gasteiger partial charge in [-0.25, -0.2) is 0 Å². The summed E-state index contributed by atoms with van der Waals surface area (Å²) in [7, 11) is 0. The third-order valence-electron chi connectivity index (χ3n) is 4.55. The van der Waals surface area contributed by atoms with E-state index in [-0.39, 0.29) is 0 Å². The van der Waals surface area contributed by atoms with Gasteiger partial charge in [0.05, 0.1) is 0 Å². The first-order valence-electron chi connectivity index (χ1n) is 7.62. The van der Waals surface area contributed by atoms with Crippen LogP contribution < -0.4 is 5.32 Å². The van der Waals surface area contributed by atoms with Crippen LogP contribution >= 0.6 is 0 Å². The van der Waals surface area contributed by atoms with Gasteiger partial charge in [0.2, 0.25) is 0 Å². The molecule has 0 aromatic carbocycles. The number of hydrogen-bond acceptors (Lipinski definition) is 1. The zero-order valence-corrected chi connectivity index (χ0v) is 12.8. The molecule has 1 rings (SSSR count). The number of hydrogen-bond donors (Lipinski definition) is 1. The number of rotatable bonds is 4. The van der Waals surface area contributed by atoms with Crippen LogP contribution in [0.5, 0.6) is 0 Å². The molecule has 0 bridgehead atoms. The van der Waals surface area contributed by atoms with Gasteiger partial charge in [-0.3, -0.25) is 0 Å². The zero-order chi connectivity index (χ0) is 13.1. The highest BCUT2D eigenvalue weighted by Crippen LogP contribution is 2.38. The summed E-state index contributed by atoms with van der Waals surface area (Å²) in [4.78, 5) is 0. The van der Waals surface area contributed by atoms with Crippen molar-refractivity contribution in [2.24, 2.45) is 17.3 Å². The molecule has 0 aromatic rings. The molecule has 1 aliphatic rings. The Kier molecular flexibility index (Phi) is 5.50. The largest absolute Gasteiger partial charge is 0.311 e. The number of nitrogens with one attached hydrogen (secondary N) is 1. The second-order valence-corrected chi connectivity index (χ2v) is 7.29. The van der Waals surface area contributed by atoms with E-state index in [0.717, 1.165) is 17.9 Å². The average molecular weight is 239 g/mol. The van der Waals surface area contributed by atoms with Gasteiger partial charge in [0.1, 0.15) is 0 Å². The molecule has 0 amide bonds. The summed E-state index contributed by atoms with van der Waals surface area (Å²) >= 11 is 0. The van der Waals surface area contributed by atoms with Gasteiger partial charge in [-0.2, -0.15) is 0 Å². The minimum Gasteiger partial charge on any atom is -0.311 e. The van der Waals surface area contributed by atoms with E-state index >= 15 is 0 Å². The van der Waals surface area contributed by atoms with Gasteiger partial charge in [0, 0.05) is 12.1 Å². The van der Waals surface area contributed by atoms with Crippen molar-refractivity contribution in [1.29, 1.82) is 0 Å². The monoisotopic (exact) mass is 239 g/mol. The lowest BCUT2D eigenvalue weighted by atomic mass is 9.69. The van der Waals surface area contributed by atoms with Gasteiger partial charge in [0.25, 0.3) is 0 Å². The summed E-state index contributed by atoms with van der Waals surface area (Å²) in [6.45, 7) is 14.2. The van der Waals surface area contributed by atoms with E-state index in [1.807, 2.05) is 0 Å². The van der Waals surface area contributed by atoms with Crippen molar-refractivity contribution in [3.63, 3.8) is 0 Å². The second kappa shape index (κ2) is 6.22. The van der Waals surface area contributed by atoms with E-state index in [9.17, 15) is 0 Å². The predicted octanol–water partition coefficient (Wildman–Crippen LogP) is 4.62. The topological polar surface area (TPSA) is 12.0 Å². The normalized spacial score (nSPS) is 28.4. The van der Waals surface area contributed by atoms with Gasteiger partial charge in [0.15, 0.2) is 0 Å². The first kappa shape index (κ1) is 15.0. The van der Waals surface area contributed by atoms with E-state index < -0.39 is 0 Å². The van der Waals surface area contributed by atoms with Crippen LogP contribution in [0.25, 0.3) is 0 Å². The van der Waals surface area contributed by atoms with Crippen LogP contribution in [0, 0.1) is 17.3 Å². The molecule has 102 valence electrons.